The molecule has 0 bridgehead atoms. The third-order valence-electron chi connectivity index (χ3n) is 1.73. The van der Waals surface area contributed by atoms with Crippen LogP contribution in [0.15, 0.2) is 35.8 Å². The summed E-state index contributed by atoms with van der Waals surface area (Å²) in [7, 11) is 0. The van der Waals surface area contributed by atoms with Gasteiger partial charge >= 0.3 is 0 Å². The van der Waals surface area contributed by atoms with Gasteiger partial charge in [0.05, 0.1) is 0 Å². The molecule has 2 rings (SSSR count). The molecule has 0 radical (unpaired) electrons. The molecule has 88 valence electrons. The zero-order valence-corrected chi connectivity index (χ0v) is 11.6. The molecule has 1 aromatic carbocycles. The number of aryl methyl sites for hydroxylation is 1. The maximum absolute atomic E-state index is 4.23. The van der Waals surface area contributed by atoms with Gasteiger partial charge in [-0.25, -0.2) is 4.98 Å². The first-order chi connectivity index (χ1) is 7.86. The summed E-state index contributed by atoms with van der Waals surface area (Å²) in [6.45, 7) is 10.1. The van der Waals surface area contributed by atoms with Gasteiger partial charge in [0.25, 0.3) is 0 Å². The second-order valence-electron chi connectivity index (χ2n) is 2.70. The first-order valence-corrected chi connectivity index (χ1v) is 6.71. The van der Waals surface area contributed by atoms with Crippen LogP contribution in [0.2, 0.25) is 0 Å². The van der Waals surface area contributed by atoms with Crippen molar-refractivity contribution in [2.75, 3.05) is 0 Å². The Morgan fingerprint density at radius 1 is 0.938 bits per heavy atom. The highest BCUT2D eigenvalue weighted by Crippen LogP contribution is 2.21. The Morgan fingerprint density at radius 3 is 1.94 bits per heavy atom. The molecule has 1 nitrogen and oxygen atoms in total. The van der Waals surface area contributed by atoms with E-state index in [0.717, 1.165) is 5.01 Å². The topological polar surface area (TPSA) is 12.9 Å². The first kappa shape index (κ1) is 14.8. The highest BCUT2D eigenvalue weighted by atomic mass is 32.1. The van der Waals surface area contributed by atoms with Crippen LogP contribution >= 0.6 is 11.3 Å². The largest absolute Gasteiger partial charge is 0.245 e. The third kappa shape index (κ3) is 4.58. The molecule has 0 spiro atoms. The highest BCUT2D eigenvalue weighted by Gasteiger charge is 1.97. The predicted molar refractivity (Wildman–Crippen MR) is 75.0 cm³/mol. The molecule has 0 atom stereocenters. The normalized spacial score (nSPS) is 8.31. The Labute approximate surface area is 103 Å². The van der Waals surface area contributed by atoms with Gasteiger partial charge in [-0.2, -0.15) is 0 Å². The average molecular weight is 235 g/mol. The monoisotopic (exact) mass is 235 g/mol. The molecule has 0 saturated carbocycles. The Bertz CT molecular complexity index is 349. The number of hydrogen-bond acceptors (Lipinski definition) is 2. The van der Waals surface area contributed by atoms with Gasteiger partial charge in [0.1, 0.15) is 5.01 Å². The Hall–Kier alpha value is -1.15. The van der Waals surface area contributed by atoms with E-state index in [9.17, 15) is 0 Å². The van der Waals surface area contributed by atoms with Crippen LogP contribution < -0.4 is 0 Å². The fourth-order valence-corrected chi connectivity index (χ4v) is 1.71. The van der Waals surface area contributed by atoms with E-state index >= 15 is 0 Å². The van der Waals surface area contributed by atoms with Crippen molar-refractivity contribution in [1.82, 2.24) is 4.98 Å². The number of benzene rings is 1. The van der Waals surface area contributed by atoms with Crippen LogP contribution in [0.3, 0.4) is 0 Å². The number of nitrogens with zero attached hydrogens (tertiary/aromatic N) is 1. The van der Waals surface area contributed by atoms with Crippen molar-refractivity contribution in [3.8, 4) is 10.6 Å². The fourth-order valence-electron chi connectivity index (χ4n) is 1.06. The van der Waals surface area contributed by atoms with E-state index in [1.807, 2.05) is 39.3 Å². The average Bonchev–Trinajstić information content (AvgIpc) is 2.89. The van der Waals surface area contributed by atoms with E-state index in [1.54, 1.807) is 11.3 Å². The number of aromatic nitrogens is 1. The molecular weight excluding hydrogens is 214 g/mol. The van der Waals surface area contributed by atoms with Gasteiger partial charge in [0.15, 0.2) is 0 Å². The maximum atomic E-state index is 4.23. The third-order valence-corrected chi connectivity index (χ3v) is 2.55. The molecule has 16 heavy (non-hydrogen) atoms. The second kappa shape index (κ2) is 9.10. The molecule has 2 aromatic rings. The summed E-state index contributed by atoms with van der Waals surface area (Å²) in [6.07, 6.45) is 1.83. The standard InChI is InChI=1S/C10H9NS.2C2H6/c1-8-2-4-9(5-3-8)10-11-6-7-12-10;2*1-2/h2-7H,1H3;2*1-2H3. The van der Waals surface area contributed by atoms with Crippen LogP contribution in [0.25, 0.3) is 10.6 Å². The van der Waals surface area contributed by atoms with Crippen LogP contribution in [0.1, 0.15) is 33.3 Å². The van der Waals surface area contributed by atoms with Gasteiger partial charge in [-0.15, -0.1) is 11.3 Å². The van der Waals surface area contributed by atoms with E-state index < -0.39 is 0 Å². The van der Waals surface area contributed by atoms with Crippen LogP contribution in [-0.2, 0) is 0 Å². The number of thiazole rings is 1. The maximum Gasteiger partial charge on any atom is 0.123 e. The summed E-state index contributed by atoms with van der Waals surface area (Å²) in [4.78, 5) is 4.23. The van der Waals surface area contributed by atoms with E-state index in [1.165, 1.54) is 11.1 Å². The Balaban J connectivity index is 0.000000509. The van der Waals surface area contributed by atoms with Crippen molar-refractivity contribution in [2.45, 2.75) is 34.6 Å². The van der Waals surface area contributed by atoms with Crippen LogP contribution in [0, 0.1) is 6.92 Å². The quantitative estimate of drug-likeness (QED) is 0.664. The minimum Gasteiger partial charge on any atom is -0.245 e. The van der Waals surface area contributed by atoms with Gasteiger partial charge in [0, 0.05) is 17.1 Å². The summed E-state index contributed by atoms with van der Waals surface area (Å²) < 4.78 is 0. The fraction of sp³-hybridized carbons (Fsp3) is 0.357. The van der Waals surface area contributed by atoms with Crippen molar-refractivity contribution in [1.29, 1.82) is 0 Å². The van der Waals surface area contributed by atoms with Crippen LogP contribution in [0.5, 0.6) is 0 Å². The van der Waals surface area contributed by atoms with Crippen LogP contribution in [0.4, 0.5) is 0 Å². The van der Waals surface area contributed by atoms with Gasteiger partial charge in [-0.05, 0) is 6.92 Å². The van der Waals surface area contributed by atoms with E-state index in [4.69, 9.17) is 0 Å². The van der Waals surface area contributed by atoms with Crippen molar-refractivity contribution < 1.29 is 0 Å². The molecule has 0 aliphatic rings. The molecule has 1 aromatic heterocycles. The molecule has 0 amide bonds. The minimum atomic E-state index is 1.09. The molecule has 2 heteroatoms. The molecule has 0 unspecified atom stereocenters. The lowest BCUT2D eigenvalue weighted by Crippen LogP contribution is -1.75. The Morgan fingerprint density at radius 2 is 1.50 bits per heavy atom. The predicted octanol–water partition coefficient (Wildman–Crippen LogP) is 5.17. The van der Waals surface area contributed by atoms with E-state index in [2.05, 4.69) is 36.2 Å². The molecule has 0 N–H and O–H groups in total. The zero-order valence-electron chi connectivity index (χ0n) is 10.8. The summed E-state index contributed by atoms with van der Waals surface area (Å²) in [5, 5.41) is 3.09. The van der Waals surface area contributed by atoms with Crippen LogP contribution in [-0.4, -0.2) is 4.98 Å². The SMILES string of the molecule is CC.CC.Cc1ccc(-c2nccs2)cc1. The Kier molecular flexibility index (Phi) is 8.45. The molecule has 0 aliphatic heterocycles. The second-order valence-corrected chi connectivity index (χ2v) is 3.60. The number of hydrogen-bond donors (Lipinski definition) is 0. The first-order valence-electron chi connectivity index (χ1n) is 5.83. The molecular formula is C14H21NS. The molecule has 1 heterocycles. The lowest BCUT2D eigenvalue weighted by atomic mass is 10.2. The molecule has 0 aliphatic carbocycles. The van der Waals surface area contributed by atoms with Crippen molar-refractivity contribution >= 4 is 11.3 Å². The summed E-state index contributed by atoms with van der Waals surface area (Å²) in [6, 6.07) is 8.43. The number of rotatable bonds is 1. The van der Waals surface area contributed by atoms with Crippen molar-refractivity contribution in [3.05, 3.63) is 41.4 Å². The lowest BCUT2D eigenvalue weighted by molar-refractivity contribution is 1.40. The summed E-state index contributed by atoms with van der Waals surface area (Å²) in [5.74, 6) is 0. The highest BCUT2D eigenvalue weighted by molar-refractivity contribution is 7.13. The minimum absolute atomic E-state index is 1.09. The zero-order chi connectivity index (χ0) is 12.4. The van der Waals surface area contributed by atoms with Gasteiger partial charge < -0.3 is 0 Å². The lowest BCUT2D eigenvalue weighted by Gasteiger charge is -1.95. The van der Waals surface area contributed by atoms with Gasteiger partial charge in [0.2, 0.25) is 0 Å². The molecule has 0 saturated heterocycles. The van der Waals surface area contributed by atoms with Crippen molar-refractivity contribution in [2.24, 2.45) is 0 Å². The smallest absolute Gasteiger partial charge is 0.123 e. The summed E-state index contributed by atoms with van der Waals surface area (Å²) >= 11 is 1.67. The molecule has 0 fully saturated rings. The van der Waals surface area contributed by atoms with E-state index in [0.29, 0.717) is 0 Å². The summed E-state index contributed by atoms with van der Waals surface area (Å²) in [5.41, 5.74) is 2.49. The van der Waals surface area contributed by atoms with Gasteiger partial charge in [-0.1, -0.05) is 57.5 Å². The van der Waals surface area contributed by atoms with Crippen molar-refractivity contribution in [3.63, 3.8) is 0 Å². The van der Waals surface area contributed by atoms with E-state index in [-0.39, 0.29) is 0 Å². The van der Waals surface area contributed by atoms with Gasteiger partial charge in [-0.3, -0.25) is 0 Å².